The van der Waals surface area contributed by atoms with Crippen LogP contribution in [0.2, 0.25) is 0 Å². The number of rotatable bonds is 4. The van der Waals surface area contributed by atoms with E-state index in [9.17, 15) is 0 Å². The van der Waals surface area contributed by atoms with Gasteiger partial charge in [0.25, 0.3) is 0 Å². The highest BCUT2D eigenvalue weighted by atomic mass is 16.5. The van der Waals surface area contributed by atoms with Crippen LogP contribution >= 0.6 is 0 Å². The Labute approximate surface area is 142 Å². The predicted octanol–water partition coefficient (Wildman–Crippen LogP) is 2.88. The molecular weight excluding hydrogens is 302 g/mol. The number of ether oxygens (including phenoxy) is 2. The molecule has 1 fully saturated rings. The Hall–Kier alpha value is -2.30. The van der Waals surface area contributed by atoms with Crippen LogP contribution in [0.1, 0.15) is 24.1 Å². The minimum absolute atomic E-state index is 0.442. The minimum atomic E-state index is 0.442. The SMILES string of the molecule is COc1ccc2c(c1)OC[C@H](Cc1ccc(N3CCCC3)nn1)C2. The summed E-state index contributed by atoms with van der Waals surface area (Å²) >= 11 is 0. The molecule has 5 nitrogen and oxygen atoms in total. The van der Waals surface area contributed by atoms with Crippen molar-refractivity contribution in [1.82, 2.24) is 10.2 Å². The smallest absolute Gasteiger partial charge is 0.151 e. The van der Waals surface area contributed by atoms with Crippen LogP contribution in [-0.2, 0) is 12.8 Å². The fourth-order valence-electron chi connectivity index (χ4n) is 3.55. The molecular formula is C19H23N3O2. The fraction of sp³-hybridized carbons (Fsp3) is 0.474. The maximum atomic E-state index is 5.92. The summed E-state index contributed by atoms with van der Waals surface area (Å²) in [5.74, 6) is 3.24. The standard InChI is InChI=1S/C19H23N3O2/c1-23-17-6-4-15-10-14(13-24-18(15)12-17)11-16-5-7-19(21-20-16)22-8-2-3-9-22/h4-7,12,14H,2-3,8-11,13H2,1H3/t14-/m0/s1. The summed E-state index contributed by atoms with van der Waals surface area (Å²) in [5, 5.41) is 8.85. The lowest BCUT2D eigenvalue weighted by Crippen LogP contribution is -2.24. The van der Waals surface area contributed by atoms with Crippen molar-refractivity contribution in [2.75, 3.05) is 31.7 Å². The van der Waals surface area contributed by atoms with E-state index in [1.165, 1.54) is 18.4 Å². The van der Waals surface area contributed by atoms with Gasteiger partial charge in [-0.25, -0.2) is 0 Å². The van der Waals surface area contributed by atoms with Crippen molar-refractivity contribution >= 4 is 5.82 Å². The van der Waals surface area contributed by atoms with E-state index in [0.29, 0.717) is 5.92 Å². The van der Waals surface area contributed by atoms with Crippen molar-refractivity contribution in [3.63, 3.8) is 0 Å². The Bertz CT molecular complexity index is 696. The summed E-state index contributed by atoms with van der Waals surface area (Å²) in [4.78, 5) is 2.31. The number of methoxy groups -OCH3 is 1. The Morgan fingerprint density at radius 2 is 2.04 bits per heavy atom. The Morgan fingerprint density at radius 3 is 2.79 bits per heavy atom. The molecule has 0 N–H and O–H groups in total. The van der Waals surface area contributed by atoms with Gasteiger partial charge in [-0.2, -0.15) is 5.10 Å². The maximum absolute atomic E-state index is 5.92. The molecule has 24 heavy (non-hydrogen) atoms. The Morgan fingerprint density at radius 1 is 1.17 bits per heavy atom. The first-order chi connectivity index (χ1) is 11.8. The highest BCUT2D eigenvalue weighted by molar-refractivity contribution is 5.42. The molecule has 0 aliphatic carbocycles. The van der Waals surface area contributed by atoms with Crippen molar-refractivity contribution < 1.29 is 9.47 Å². The molecule has 0 amide bonds. The molecule has 2 aliphatic heterocycles. The third-order valence-electron chi connectivity index (χ3n) is 4.89. The number of hydrogen-bond acceptors (Lipinski definition) is 5. The second kappa shape index (κ2) is 6.67. The molecule has 5 heteroatoms. The molecule has 4 rings (SSSR count). The molecule has 0 saturated carbocycles. The van der Waals surface area contributed by atoms with Crippen LogP contribution < -0.4 is 14.4 Å². The molecule has 0 bridgehead atoms. The molecule has 2 aromatic rings. The van der Waals surface area contributed by atoms with E-state index in [-0.39, 0.29) is 0 Å². The van der Waals surface area contributed by atoms with Gasteiger partial charge < -0.3 is 14.4 Å². The van der Waals surface area contributed by atoms with Gasteiger partial charge in [0.2, 0.25) is 0 Å². The van der Waals surface area contributed by atoms with Crippen LogP contribution in [0, 0.1) is 5.92 Å². The average molecular weight is 325 g/mol. The van der Waals surface area contributed by atoms with Crippen molar-refractivity contribution in [2.24, 2.45) is 5.92 Å². The van der Waals surface area contributed by atoms with Gasteiger partial charge in [-0.3, -0.25) is 0 Å². The molecule has 1 saturated heterocycles. The van der Waals surface area contributed by atoms with Gasteiger partial charge in [-0.1, -0.05) is 6.07 Å². The zero-order valence-electron chi connectivity index (χ0n) is 14.1. The third kappa shape index (κ3) is 3.16. The van der Waals surface area contributed by atoms with Gasteiger partial charge in [0, 0.05) is 25.1 Å². The van der Waals surface area contributed by atoms with Crippen LogP contribution in [0.4, 0.5) is 5.82 Å². The lowest BCUT2D eigenvalue weighted by atomic mass is 9.92. The molecule has 3 heterocycles. The first-order valence-corrected chi connectivity index (χ1v) is 8.69. The summed E-state index contributed by atoms with van der Waals surface area (Å²) < 4.78 is 11.2. The second-order valence-corrected chi connectivity index (χ2v) is 6.64. The highest BCUT2D eigenvalue weighted by Crippen LogP contribution is 2.32. The van der Waals surface area contributed by atoms with Crippen molar-refractivity contribution in [1.29, 1.82) is 0 Å². The Balaban J connectivity index is 1.40. The van der Waals surface area contributed by atoms with E-state index in [1.807, 2.05) is 12.1 Å². The van der Waals surface area contributed by atoms with E-state index in [2.05, 4.69) is 33.3 Å². The first-order valence-electron chi connectivity index (χ1n) is 8.69. The van der Waals surface area contributed by atoms with Crippen LogP contribution in [-0.4, -0.2) is 37.0 Å². The molecule has 1 aromatic carbocycles. The van der Waals surface area contributed by atoms with Crippen molar-refractivity contribution in [3.05, 3.63) is 41.6 Å². The number of benzene rings is 1. The number of anilines is 1. The number of nitrogens with zero attached hydrogens (tertiary/aromatic N) is 3. The van der Waals surface area contributed by atoms with E-state index in [4.69, 9.17) is 9.47 Å². The zero-order valence-corrected chi connectivity index (χ0v) is 14.1. The van der Waals surface area contributed by atoms with Crippen LogP contribution in [0.5, 0.6) is 11.5 Å². The third-order valence-corrected chi connectivity index (χ3v) is 4.89. The predicted molar refractivity (Wildman–Crippen MR) is 92.9 cm³/mol. The monoisotopic (exact) mass is 325 g/mol. The maximum Gasteiger partial charge on any atom is 0.151 e. The fourth-order valence-corrected chi connectivity index (χ4v) is 3.55. The quantitative estimate of drug-likeness (QED) is 0.865. The number of aromatic nitrogens is 2. The van der Waals surface area contributed by atoms with Gasteiger partial charge >= 0.3 is 0 Å². The van der Waals surface area contributed by atoms with Crippen molar-refractivity contribution in [3.8, 4) is 11.5 Å². The van der Waals surface area contributed by atoms with E-state index >= 15 is 0 Å². The molecule has 126 valence electrons. The Kier molecular flexibility index (Phi) is 4.24. The molecule has 1 aromatic heterocycles. The lowest BCUT2D eigenvalue weighted by Gasteiger charge is -2.25. The largest absolute Gasteiger partial charge is 0.497 e. The lowest BCUT2D eigenvalue weighted by molar-refractivity contribution is 0.219. The van der Waals surface area contributed by atoms with Gasteiger partial charge in [0.1, 0.15) is 11.5 Å². The van der Waals surface area contributed by atoms with Crippen LogP contribution in [0.15, 0.2) is 30.3 Å². The van der Waals surface area contributed by atoms with Crippen molar-refractivity contribution in [2.45, 2.75) is 25.7 Å². The van der Waals surface area contributed by atoms with Gasteiger partial charge in [-0.05, 0) is 49.4 Å². The molecule has 0 radical (unpaired) electrons. The van der Waals surface area contributed by atoms with Gasteiger partial charge in [-0.15, -0.1) is 5.10 Å². The van der Waals surface area contributed by atoms with E-state index in [0.717, 1.165) is 55.5 Å². The first kappa shape index (κ1) is 15.2. The summed E-state index contributed by atoms with van der Waals surface area (Å²) in [6, 6.07) is 10.3. The summed E-state index contributed by atoms with van der Waals surface area (Å²) in [6.07, 6.45) is 4.42. The van der Waals surface area contributed by atoms with E-state index in [1.54, 1.807) is 7.11 Å². The van der Waals surface area contributed by atoms with E-state index < -0.39 is 0 Å². The normalized spacial score (nSPS) is 19.7. The number of fused-ring (bicyclic) bond motifs is 1. The summed E-state index contributed by atoms with van der Waals surface area (Å²) in [5.41, 5.74) is 2.29. The number of hydrogen-bond donors (Lipinski definition) is 0. The zero-order chi connectivity index (χ0) is 16.4. The van der Waals surface area contributed by atoms with Gasteiger partial charge in [0.05, 0.1) is 19.4 Å². The molecule has 0 unspecified atom stereocenters. The molecule has 0 spiro atoms. The summed E-state index contributed by atoms with van der Waals surface area (Å²) in [6.45, 7) is 2.92. The van der Waals surface area contributed by atoms with Gasteiger partial charge in [0.15, 0.2) is 5.82 Å². The topological polar surface area (TPSA) is 47.5 Å². The molecule has 2 aliphatic rings. The summed E-state index contributed by atoms with van der Waals surface area (Å²) in [7, 11) is 1.68. The molecule has 1 atom stereocenters. The second-order valence-electron chi connectivity index (χ2n) is 6.64. The minimum Gasteiger partial charge on any atom is -0.497 e. The van der Waals surface area contributed by atoms with Crippen LogP contribution in [0.3, 0.4) is 0 Å². The average Bonchev–Trinajstić information content (AvgIpc) is 3.16. The highest BCUT2D eigenvalue weighted by Gasteiger charge is 2.21. The van der Waals surface area contributed by atoms with Crippen LogP contribution in [0.25, 0.3) is 0 Å².